The molecule has 124 valence electrons. The van der Waals surface area contributed by atoms with E-state index >= 15 is 0 Å². The van der Waals surface area contributed by atoms with Crippen LogP contribution in [0.4, 0.5) is 0 Å². The second kappa shape index (κ2) is 6.95. The largest absolute Gasteiger partial charge is 0.353 e. The number of hydrogen-bond acceptors (Lipinski definition) is 4. The second-order valence-corrected chi connectivity index (χ2v) is 5.43. The van der Waals surface area contributed by atoms with Crippen molar-refractivity contribution in [3.8, 4) is 0 Å². The minimum Gasteiger partial charge on any atom is -0.353 e. The SMILES string of the molecule is O=C1CN(C(=O)c2ccc(CNC(=O)c3ccn[nH]3)cc2)CCN1. The topological polar surface area (TPSA) is 107 Å². The number of nitrogens with one attached hydrogen (secondary N) is 3. The van der Waals surface area contributed by atoms with Crippen LogP contribution in [0, 0.1) is 0 Å². The van der Waals surface area contributed by atoms with Crippen LogP contribution in [0.15, 0.2) is 36.5 Å². The minimum atomic E-state index is -0.244. The first-order valence-electron chi connectivity index (χ1n) is 7.56. The monoisotopic (exact) mass is 327 g/mol. The third-order valence-corrected chi connectivity index (χ3v) is 3.72. The van der Waals surface area contributed by atoms with E-state index in [2.05, 4.69) is 20.8 Å². The fourth-order valence-corrected chi connectivity index (χ4v) is 2.42. The second-order valence-electron chi connectivity index (χ2n) is 5.43. The van der Waals surface area contributed by atoms with Crippen LogP contribution < -0.4 is 10.6 Å². The van der Waals surface area contributed by atoms with E-state index in [1.54, 1.807) is 30.3 Å². The van der Waals surface area contributed by atoms with Gasteiger partial charge in [0.1, 0.15) is 5.69 Å². The zero-order valence-corrected chi connectivity index (χ0v) is 12.9. The van der Waals surface area contributed by atoms with E-state index in [0.717, 1.165) is 5.56 Å². The maximum absolute atomic E-state index is 12.3. The molecule has 2 heterocycles. The summed E-state index contributed by atoms with van der Waals surface area (Å²) in [5, 5.41) is 11.8. The summed E-state index contributed by atoms with van der Waals surface area (Å²) in [6.45, 7) is 1.41. The third kappa shape index (κ3) is 3.60. The highest BCUT2D eigenvalue weighted by atomic mass is 16.2. The molecule has 1 aromatic heterocycles. The van der Waals surface area contributed by atoms with Gasteiger partial charge in [0.2, 0.25) is 5.91 Å². The summed E-state index contributed by atoms with van der Waals surface area (Å²) in [5.74, 6) is -0.558. The Labute approximate surface area is 138 Å². The van der Waals surface area contributed by atoms with E-state index in [1.165, 1.54) is 11.1 Å². The molecule has 1 saturated heterocycles. The standard InChI is InChI=1S/C16H17N5O3/c22-14-10-21(8-7-17-14)16(24)12-3-1-11(2-4-12)9-18-15(23)13-5-6-19-20-13/h1-6H,7-10H2,(H,17,22)(H,18,23)(H,19,20). The lowest BCUT2D eigenvalue weighted by Crippen LogP contribution is -2.49. The Kier molecular flexibility index (Phi) is 4.55. The van der Waals surface area contributed by atoms with E-state index < -0.39 is 0 Å². The molecule has 3 N–H and O–H groups in total. The first-order chi connectivity index (χ1) is 11.6. The molecule has 3 rings (SSSR count). The van der Waals surface area contributed by atoms with E-state index in [-0.39, 0.29) is 24.3 Å². The zero-order chi connectivity index (χ0) is 16.9. The molecule has 1 aromatic carbocycles. The van der Waals surface area contributed by atoms with Crippen molar-refractivity contribution in [2.24, 2.45) is 0 Å². The van der Waals surface area contributed by atoms with Crippen molar-refractivity contribution >= 4 is 17.7 Å². The van der Waals surface area contributed by atoms with Crippen LogP contribution in [-0.4, -0.2) is 52.5 Å². The molecular formula is C16H17N5O3. The van der Waals surface area contributed by atoms with Gasteiger partial charge in [0.05, 0.1) is 6.54 Å². The molecule has 24 heavy (non-hydrogen) atoms. The predicted octanol–water partition coefficient (Wildman–Crippen LogP) is -0.0883. The summed E-state index contributed by atoms with van der Waals surface area (Å²) in [6, 6.07) is 8.56. The molecule has 0 spiro atoms. The van der Waals surface area contributed by atoms with Crippen molar-refractivity contribution in [3.63, 3.8) is 0 Å². The Hall–Kier alpha value is -3.16. The van der Waals surface area contributed by atoms with Crippen LogP contribution in [0.2, 0.25) is 0 Å². The molecular weight excluding hydrogens is 310 g/mol. The number of hydrogen-bond donors (Lipinski definition) is 3. The molecule has 1 aliphatic rings. The van der Waals surface area contributed by atoms with Gasteiger partial charge in [-0.25, -0.2) is 0 Å². The van der Waals surface area contributed by atoms with Gasteiger partial charge in [0.15, 0.2) is 0 Å². The molecule has 0 aliphatic carbocycles. The van der Waals surface area contributed by atoms with Crippen LogP contribution in [0.3, 0.4) is 0 Å². The highest BCUT2D eigenvalue weighted by Gasteiger charge is 2.22. The molecule has 8 nitrogen and oxygen atoms in total. The fourth-order valence-electron chi connectivity index (χ4n) is 2.42. The van der Waals surface area contributed by atoms with Crippen molar-refractivity contribution in [1.82, 2.24) is 25.7 Å². The number of aromatic amines is 1. The highest BCUT2D eigenvalue weighted by Crippen LogP contribution is 2.09. The quantitative estimate of drug-likeness (QED) is 0.729. The summed E-state index contributed by atoms with van der Waals surface area (Å²) < 4.78 is 0. The van der Waals surface area contributed by atoms with Gasteiger partial charge in [-0.1, -0.05) is 12.1 Å². The molecule has 0 atom stereocenters. The van der Waals surface area contributed by atoms with E-state index in [4.69, 9.17) is 0 Å². The van der Waals surface area contributed by atoms with Gasteiger partial charge >= 0.3 is 0 Å². The van der Waals surface area contributed by atoms with Gasteiger partial charge in [-0.3, -0.25) is 19.5 Å². The van der Waals surface area contributed by atoms with E-state index in [9.17, 15) is 14.4 Å². The summed E-state index contributed by atoms with van der Waals surface area (Å²) >= 11 is 0. The number of H-pyrrole nitrogens is 1. The van der Waals surface area contributed by atoms with Gasteiger partial charge in [-0.15, -0.1) is 0 Å². The Balaban J connectivity index is 1.58. The lowest BCUT2D eigenvalue weighted by atomic mass is 10.1. The Bertz CT molecular complexity index is 740. The Morgan fingerprint density at radius 3 is 2.67 bits per heavy atom. The van der Waals surface area contributed by atoms with Crippen molar-refractivity contribution in [3.05, 3.63) is 53.3 Å². The summed E-state index contributed by atoms with van der Waals surface area (Å²) in [7, 11) is 0. The first kappa shape index (κ1) is 15.7. The molecule has 3 amide bonds. The summed E-state index contributed by atoms with van der Waals surface area (Å²) in [6.07, 6.45) is 1.51. The van der Waals surface area contributed by atoms with Crippen LogP contribution in [0.25, 0.3) is 0 Å². The molecule has 8 heteroatoms. The van der Waals surface area contributed by atoms with E-state index in [1.807, 2.05) is 0 Å². The summed E-state index contributed by atoms with van der Waals surface area (Å²) in [4.78, 5) is 37.0. The number of carbonyl (C=O) groups excluding carboxylic acids is 3. The molecule has 0 unspecified atom stereocenters. The van der Waals surface area contributed by atoms with Crippen LogP contribution >= 0.6 is 0 Å². The molecule has 1 fully saturated rings. The average molecular weight is 327 g/mol. The Morgan fingerprint density at radius 2 is 2.00 bits per heavy atom. The number of benzene rings is 1. The van der Waals surface area contributed by atoms with Gasteiger partial charge in [0.25, 0.3) is 11.8 Å². The predicted molar refractivity (Wildman–Crippen MR) is 85.1 cm³/mol. The molecule has 1 aliphatic heterocycles. The van der Waals surface area contributed by atoms with E-state index in [0.29, 0.717) is 30.9 Å². The lowest BCUT2D eigenvalue weighted by molar-refractivity contribution is -0.123. The third-order valence-electron chi connectivity index (χ3n) is 3.72. The van der Waals surface area contributed by atoms with Crippen molar-refractivity contribution in [2.45, 2.75) is 6.54 Å². The van der Waals surface area contributed by atoms with Gasteiger partial charge in [-0.2, -0.15) is 5.10 Å². The molecule has 0 saturated carbocycles. The Morgan fingerprint density at radius 1 is 1.21 bits per heavy atom. The fraction of sp³-hybridized carbons (Fsp3) is 0.250. The first-order valence-corrected chi connectivity index (χ1v) is 7.56. The van der Waals surface area contributed by atoms with Crippen molar-refractivity contribution < 1.29 is 14.4 Å². The normalized spacial score (nSPS) is 14.2. The molecule has 0 bridgehead atoms. The number of amides is 3. The minimum absolute atomic E-state index is 0.0842. The molecule has 2 aromatic rings. The maximum Gasteiger partial charge on any atom is 0.269 e. The smallest absolute Gasteiger partial charge is 0.269 e. The van der Waals surface area contributed by atoms with Gasteiger partial charge in [-0.05, 0) is 23.8 Å². The van der Waals surface area contributed by atoms with Crippen LogP contribution in [-0.2, 0) is 11.3 Å². The van der Waals surface area contributed by atoms with Crippen molar-refractivity contribution in [2.75, 3.05) is 19.6 Å². The summed E-state index contributed by atoms with van der Waals surface area (Å²) in [5.41, 5.74) is 1.79. The number of rotatable bonds is 4. The van der Waals surface area contributed by atoms with Gasteiger partial charge in [0, 0.05) is 31.4 Å². The average Bonchev–Trinajstić information content (AvgIpc) is 3.14. The van der Waals surface area contributed by atoms with Crippen molar-refractivity contribution in [1.29, 1.82) is 0 Å². The zero-order valence-electron chi connectivity index (χ0n) is 12.9. The maximum atomic E-state index is 12.3. The molecule has 0 radical (unpaired) electrons. The number of piperazine rings is 1. The van der Waals surface area contributed by atoms with Crippen LogP contribution in [0.5, 0.6) is 0 Å². The lowest BCUT2D eigenvalue weighted by Gasteiger charge is -2.26. The number of aromatic nitrogens is 2. The number of nitrogens with zero attached hydrogens (tertiary/aromatic N) is 2. The van der Waals surface area contributed by atoms with Gasteiger partial charge < -0.3 is 15.5 Å². The highest BCUT2D eigenvalue weighted by molar-refractivity contribution is 5.97. The van der Waals surface area contributed by atoms with Crippen LogP contribution in [0.1, 0.15) is 26.4 Å². The number of carbonyl (C=O) groups is 3.